The number of ether oxygens (including phenoxy) is 2. The molecule has 0 aliphatic rings. The molecule has 1 aromatic rings. The zero-order chi connectivity index (χ0) is 15.8. The fourth-order valence-electron chi connectivity index (χ4n) is 2.09. The predicted molar refractivity (Wildman–Crippen MR) is 85.6 cm³/mol. The van der Waals surface area contributed by atoms with Crippen molar-refractivity contribution in [3.05, 3.63) is 29.8 Å². The molecule has 0 spiro atoms. The van der Waals surface area contributed by atoms with Crippen LogP contribution < -0.4 is 4.74 Å². The molecule has 0 aliphatic heterocycles. The van der Waals surface area contributed by atoms with Crippen LogP contribution in [0.1, 0.15) is 33.3 Å². The Labute approximate surface area is 128 Å². The lowest BCUT2D eigenvalue weighted by molar-refractivity contribution is -0.0136. The minimum absolute atomic E-state index is 0.144. The van der Waals surface area contributed by atoms with Crippen LogP contribution in [0, 0.1) is 0 Å². The molecule has 1 atom stereocenters. The van der Waals surface area contributed by atoms with Crippen LogP contribution in [0.2, 0.25) is 0 Å². The van der Waals surface area contributed by atoms with Crippen LogP contribution >= 0.6 is 0 Å². The Morgan fingerprint density at radius 2 is 1.90 bits per heavy atom. The lowest BCUT2D eigenvalue weighted by Gasteiger charge is -2.29. The topological polar surface area (TPSA) is 41.9 Å². The quantitative estimate of drug-likeness (QED) is 0.760. The average molecular weight is 295 g/mol. The molecule has 1 aromatic carbocycles. The van der Waals surface area contributed by atoms with E-state index >= 15 is 0 Å². The third kappa shape index (κ3) is 6.93. The molecule has 0 aromatic heterocycles. The van der Waals surface area contributed by atoms with Gasteiger partial charge in [-0.05, 0) is 45.4 Å². The molecule has 0 aliphatic carbocycles. The Bertz CT molecular complexity index is 407. The highest BCUT2D eigenvalue weighted by molar-refractivity contribution is 5.28. The maximum absolute atomic E-state index is 10.1. The first-order valence-electron chi connectivity index (χ1n) is 7.59. The Morgan fingerprint density at radius 3 is 2.48 bits per heavy atom. The number of aliphatic hydroxyl groups excluding tert-OH is 1. The van der Waals surface area contributed by atoms with Gasteiger partial charge in [0.05, 0.1) is 25.9 Å². The lowest BCUT2D eigenvalue weighted by Crippen LogP contribution is -2.39. The van der Waals surface area contributed by atoms with Gasteiger partial charge in [-0.2, -0.15) is 0 Å². The van der Waals surface area contributed by atoms with Crippen molar-refractivity contribution in [1.29, 1.82) is 0 Å². The van der Waals surface area contributed by atoms with Crippen LogP contribution in [-0.2, 0) is 11.3 Å². The van der Waals surface area contributed by atoms with Crippen molar-refractivity contribution in [2.24, 2.45) is 0 Å². The van der Waals surface area contributed by atoms with Gasteiger partial charge in [0.2, 0.25) is 0 Å². The van der Waals surface area contributed by atoms with Gasteiger partial charge in [-0.25, -0.2) is 0 Å². The number of rotatable bonds is 9. The fourth-order valence-corrected chi connectivity index (χ4v) is 2.09. The number of benzene rings is 1. The highest BCUT2D eigenvalue weighted by atomic mass is 16.5. The van der Waals surface area contributed by atoms with Gasteiger partial charge in [-0.15, -0.1) is 0 Å². The SMILES string of the molecule is COc1cccc(CN(CC(O)COC(C)C)C(C)C)c1. The Kier molecular flexibility index (Phi) is 7.72. The fraction of sp³-hybridized carbons (Fsp3) is 0.647. The predicted octanol–water partition coefficient (Wildman–Crippen LogP) is 2.69. The van der Waals surface area contributed by atoms with Gasteiger partial charge in [0.15, 0.2) is 0 Å². The van der Waals surface area contributed by atoms with Crippen LogP contribution in [0.4, 0.5) is 0 Å². The molecule has 1 rings (SSSR count). The zero-order valence-corrected chi connectivity index (χ0v) is 13.9. The average Bonchev–Trinajstić information content (AvgIpc) is 2.44. The largest absolute Gasteiger partial charge is 0.497 e. The number of aliphatic hydroxyl groups is 1. The van der Waals surface area contributed by atoms with Gasteiger partial charge in [0.25, 0.3) is 0 Å². The van der Waals surface area contributed by atoms with Gasteiger partial charge in [0, 0.05) is 19.1 Å². The number of hydrogen-bond acceptors (Lipinski definition) is 4. The minimum atomic E-state index is -0.472. The third-order valence-corrected chi connectivity index (χ3v) is 3.32. The van der Waals surface area contributed by atoms with Gasteiger partial charge >= 0.3 is 0 Å². The van der Waals surface area contributed by atoms with Crippen LogP contribution in [0.3, 0.4) is 0 Å². The molecule has 0 radical (unpaired) electrons. The zero-order valence-electron chi connectivity index (χ0n) is 13.9. The minimum Gasteiger partial charge on any atom is -0.497 e. The van der Waals surface area contributed by atoms with Crippen molar-refractivity contribution in [3.63, 3.8) is 0 Å². The monoisotopic (exact) mass is 295 g/mol. The molecule has 0 bridgehead atoms. The first kappa shape index (κ1) is 18.0. The molecular weight excluding hydrogens is 266 g/mol. The van der Waals surface area contributed by atoms with Crippen molar-refractivity contribution < 1.29 is 14.6 Å². The van der Waals surface area contributed by atoms with Crippen molar-refractivity contribution >= 4 is 0 Å². The van der Waals surface area contributed by atoms with E-state index in [1.807, 2.05) is 32.0 Å². The van der Waals surface area contributed by atoms with E-state index in [2.05, 4.69) is 24.8 Å². The Morgan fingerprint density at radius 1 is 1.19 bits per heavy atom. The summed E-state index contributed by atoms with van der Waals surface area (Å²) in [5.41, 5.74) is 1.18. The van der Waals surface area contributed by atoms with Gasteiger partial charge in [-0.3, -0.25) is 4.90 Å². The lowest BCUT2D eigenvalue weighted by atomic mass is 10.1. The Balaban J connectivity index is 2.60. The van der Waals surface area contributed by atoms with Crippen molar-refractivity contribution in [2.75, 3.05) is 20.3 Å². The maximum atomic E-state index is 10.1. The standard InChI is InChI=1S/C17H29NO3/c1-13(2)18(11-16(19)12-21-14(3)4)10-15-7-6-8-17(9-15)20-5/h6-9,13-14,16,19H,10-12H2,1-5H3. The first-order valence-corrected chi connectivity index (χ1v) is 7.59. The van der Waals surface area contributed by atoms with Crippen LogP contribution in [-0.4, -0.2) is 48.5 Å². The summed E-state index contributed by atoms with van der Waals surface area (Å²) in [5.74, 6) is 0.861. The summed E-state index contributed by atoms with van der Waals surface area (Å²) in [7, 11) is 1.67. The van der Waals surface area contributed by atoms with E-state index in [-0.39, 0.29) is 6.10 Å². The molecule has 4 nitrogen and oxygen atoms in total. The molecule has 1 unspecified atom stereocenters. The van der Waals surface area contributed by atoms with E-state index in [0.717, 1.165) is 12.3 Å². The Hall–Kier alpha value is -1.10. The van der Waals surface area contributed by atoms with Crippen LogP contribution in [0.5, 0.6) is 5.75 Å². The number of nitrogens with zero attached hydrogens (tertiary/aromatic N) is 1. The molecule has 0 fully saturated rings. The van der Waals surface area contributed by atoms with E-state index in [1.165, 1.54) is 5.56 Å². The maximum Gasteiger partial charge on any atom is 0.119 e. The summed E-state index contributed by atoms with van der Waals surface area (Å²) in [6.45, 7) is 9.98. The van der Waals surface area contributed by atoms with Crippen molar-refractivity contribution in [2.45, 2.75) is 52.5 Å². The second kappa shape index (κ2) is 9.03. The molecule has 120 valence electrons. The van der Waals surface area contributed by atoms with Gasteiger partial charge < -0.3 is 14.6 Å². The summed E-state index contributed by atoms with van der Waals surface area (Å²) >= 11 is 0. The molecular formula is C17H29NO3. The first-order chi connectivity index (χ1) is 9.92. The third-order valence-electron chi connectivity index (χ3n) is 3.32. The number of hydrogen-bond donors (Lipinski definition) is 1. The molecule has 4 heteroatoms. The van der Waals surface area contributed by atoms with Crippen molar-refractivity contribution in [1.82, 2.24) is 4.90 Å². The van der Waals surface area contributed by atoms with E-state index < -0.39 is 6.10 Å². The normalized spacial score (nSPS) is 13.2. The van der Waals surface area contributed by atoms with Crippen LogP contribution in [0.15, 0.2) is 24.3 Å². The summed E-state index contributed by atoms with van der Waals surface area (Å²) in [6.07, 6.45) is -0.328. The van der Waals surface area contributed by atoms with E-state index in [9.17, 15) is 5.11 Å². The molecule has 0 saturated carbocycles. The highest BCUT2D eigenvalue weighted by Gasteiger charge is 2.16. The smallest absolute Gasteiger partial charge is 0.119 e. The number of methoxy groups -OCH3 is 1. The molecule has 1 N–H and O–H groups in total. The van der Waals surface area contributed by atoms with Gasteiger partial charge in [0.1, 0.15) is 5.75 Å². The van der Waals surface area contributed by atoms with E-state index in [1.54, 1.807) is 7.11 Å². The van der Waals surface area contributed by atoms with Gasteiger partial charge in [-0.1, -0.05) is 12.1 Å². The molecule has 0 heterocycles. The van der Waals surface area contributed by atoms with Crippen LogP contribution in [0.25, 0.3) is 0 Å². The van der Waals surface area contributed by atoms with E-state index in [0.29, 0.717) is 19.2 Å². The van der Waals surface area contributed by atoms with E-state index in [4.69, 9.17) is 9.47 Å². The molecule has 21 heavy (non-hydrogen) atoms. The molecule has 0 saturated heterocycles. The summed E-state index contributed by atoms with van der Waals surface area (Å²) < 4.78 is 10.7. The summed E-state index contributed by atoms with van der Waals surface area (Å²) in [6, 6.07) is 8.39. The molecule has 0 amide bonds. The second-order valence-electron chi connectivity index (χ2n) is 5.91. The highest BCUT2D eigenvalue weighted by Crippen LogP contribution is 2.16. The second-order valence-corrected chi connectivity index (χ2v) is 5.91. The van der Waals surface area contributed by atoms with Crippen molar-refractivity contribution in [3.8, 4) is 5.75 Å². The summed E-state index contributed by atoms with van der Waals surface area (Å²) in [4.78, 5) is 2.24. The summed E-state index contributed by atoms with van der Waals surface area (Å²) in [5, 5.41) is 10.1.